The van der Waals surface area contributed by atoms with Gasteiger partial charge in [-0.1, -0.05) is 0 Å². The lowest BCUT2D eigenvalue weighted by Crippen LogP contribution is -2.42. The maximum Gasteiger partial charge on any atom is 0.109 e. The van der Waals surface area contributed by atoms with E-state index in [0.717, 1.165) is 51.4 Å². The summed E-state index contributed by atoms with van der Waals surface area (Å²) in [6.45, 7) is 11.4. The van der Waals surface area contributed by atoms with Gasteiger partial charge in [-0.15, -0.1) is 0 Å². The van der Waals surface area contributed by atoms with E-state index in [1.165, 1.54) is 31.0 Å². The molecule has 0 bridgehead atoms. The molecule has 6 nitrogen and oxygen atoms in total. The van der Waals surface area contributed by atoms with E-state index in [1.807, 2.05) is 23.7 Å². The normalized spacial score (nSPS) is 29.1. The van der Waals surface area contributed by atoms with Gasteiger partial charge in [-0.05, 0) is 70.0 Å². The average Bonchev–Trinajstić information content (AvgIpc) is 3.35. The van der Waals surface area contributed by atoms with Crippen LogP contribution in [0.4, 0.5) is 0 Å². The number of aryl methyl sites for hydroxylation is 2. The molecule has 0 amide bonds. The van der Waals surface area contributed by atoms with Crippen LogP contribution in [0.3, 0.4) is 0 Å². The molecular weight excluding hydrogens is 360 g/mol. The average molecular weight is 395 g/mol. The number of likely N-dealkylation sites (tertiary alicyclic amines) is 1. The van der Waals surface area contributed by atoms with Crippen LogP contribution in [0.2, 0.25) is 0 Å². The molecule has 3 aliphatic heterocycles. The van der Waals surface area contributed by atoms with Gasteiger partial charge in [0, 0.05) is 39.3 Å². The smallest absolute Gasteiger partial charge is 0.109 e. The summed E-state index contributed by atoms with van der Waals surface area (Å²) in [5.74, 6) is 0.710. The summed E-state index contributed by atoms with van der Waals surface area (Å²) in [4.78, 5) is 2.66. The van der Waals surface area contributed by atoms with Crippen molar-refractivity contribution in [2.75, 3.05) is 46.0 Å². The van der Waals surface area contributed by atoms with Crippen LogP contribution in [-0.4, -0.2) is 76.6 Å². The lowest BCUT2D eigenvalue weighted by Gasteiger charge is -2.38. The molecule has 3 aliphatic rings. The molecule has 7 heteroatoms. The molecule has 4 heterocycles. The van der Waals surface area contributed by atoms with Crippen molar-refractivity contribution < 1.29 is 9.47 Å². The van der Waals surface area contributed by atoms with Crippen molar-refractivity contribution in [2.45, 2.75) is 56.2 Å². The Morgan fingerprint density at radius 1 is 1.33 bits per heavy atom. The maximum atomic E-state index is 6.42. The van der Waals surface area contributed by atoms with Gasteiger partial charge in [0.05, 0.1) is 24.5 Å². The third kappa shape index (κ3) is 4.53. The van der Waals surface area contributed by atoms with Crippen LogP contribution in [0.15, 0.2) is 11.1 Å². The zero-order valence-electron chi connectivity index (χ0n) is 17.0. The second-order valence-corrected chi connectivity index (χ2v) is 9.55. The first-order valence-electron chi connectivity index (χ1n) is 10.5. The highest BCUT2D eigenvalue weighted by Gasteiger charge is 2.45. The third-order valence-electron chi connectivity index (χ3n) is 6.40. The van der Waals surface area contributed by atoms with Crippen molar-refractivity contribution in [1.29, 1.82) is 0 Å². The second kappa shape index (κ2) is 8.41. The van der Waals surface area contributed by atoms with Gasteiger partial charge in [0.1, 0.15) is 5.03 Å². The van der Waals surface area contributed by atoms with Crippen LogP contribution in [0.25, 0.3) is 0 Å². The van der Waals surface area contributed by atoms with E-state index >= 15 is 0 Å². The molecule has 3 fully saturated rings. The van der Waals surface area contributed by atoms with Crippen LogP contribution in [-0.2, 0) is 16.5 Å². The minimum Gasteiger partial charge on any atom is -0.381 e. The lowest BCUT2D eigenvalue weighted by atomic mass is 9.88. The quantitative estimate of drug-likeness (QED) is 0.691. The maximum absolute atomic E-state index is 6.42. The van der Waals surface area contributed by atoms with E-state index in [0.29, 0.717) is 12.0 Å². The Kier molecular flexibility index (Phi) is 6.14. The van der Waals surface area contributed by atoms with Gasteiger partial charge in [0.25, 0.3) is 0 Å². The molecule has 1 aromatic rings. The summed E-state index contributed by atoms with van der Waals surface area (Å²) in [5.41, 5.74) is 1.20. The van der Waals surface area contributed by atoms with E-state index in [9.17, 15) is 0 Å². The number of hydrogen-bond acceptors (Lipinski definition) is 6. The van der Waals surface area contributed by atoms with Gasteiger partial charge in [0.15, 0.2) is 0 Å². The molecule has 1 aromatic heterocycles. The molecule has 1 spiro atoms. The highest BCUT2D eigenvalue weighted by Crippen LogP contribution is 2.40. The molecular formula is C20H34N4O2S. The molecule has 3 saturated heterocycles. The summed E-state index contributed by atoms with van der Waals surface area (Å²) in [6.07, 6.45) is 4.77. The van der Waals surface area contributed by atoms with Crippen LogP contribution in [0, 0.1) is 12.8 Å². The number of nitrogens with zero attached hydrogens (tertiary/aromatic N) is 4. The van der Waals surface area contributed by atoms with E-state index in [2.05, 4.69) is 34.2 Å². The number of piperidine rings is 1. The number of aromatic nitrogens is 2. The Balaban J connectivity index is 1.25. The standard InChI is InChI=1S/C20H34N4O2S/c1-4-25-14-17-5-8-23(13-17)18-12-20(26-15-18)6-9-24(10-7-20)27-19-11-16(2)21-22(19)3/h11,17-18H,4-10,12-15H2,1-3H3. The van der Waals surface area contributed by atoms with Gasteiger partial charge in [-0.3, -0.25) is 9.58 Å². The SMILES string of the molecule is CCOCC1CCN(C2COC3(CCN(Sc4cc(C)nn4C)CC3)C2)C1. The second-order valence-electron chi connectivity index (χ2n) is 8.43. The summed E-state index contributed by atoms with van der Waals surface area (Å²) in [5, 5.41) is 5.68. The van der Waals surface area contributed by atoms with Crippen molar-refractivity contribution >= 4 is 11.9 Å². The van der Waals surface area contributed by atoms with Gasteiger partial charge in [0.2, 0.25) is 0 Å². The van der Waals surface area contributed by atoms with Crippen molar-refractivity contribution in [3.05, 3.63) is 11.8 Å². The molecule has 152 valence electrons. The molecule has 4 rings (SSSR count). The Morgan fingerprint density at radius 2 is 2.15 bits per heavy atom. The van der Waals surface area contributed by atoms with Crippen LogP contribution < -0.4 is 0 Å². The lowest BCUT2D eigenvalue weighted by molar-refractivity contribution is -0.0305. The predicted molar refractivity (Wildman–Crippen MR) is 108 cm³/mol. The molecule has 0 saturated carbocycles. The van der Waals surface area contributed by atoms with Crippen LogP contribution in [0.5, 0.6) is 0 Å². The number of ether oxygens (including phenoxy) is 2. The molecule has 0 radical (unpaired) electrons. The van der Waals surface area contributed by atoms with E-state index in [-0.39, 0.29) is 5.60 Å². The zero-order valence-corrected chi connectivity index (χ0v) is 17.8. The first-order valence-corrected chi connectivity index (χ1v) is 11.2. The number of hydrogen-bond donors (Lipinski definition) is 0. The molecule has 2 unspecified atom stereocenters. The van der Waals surface area contributed by atoms with Crippen molar-refractivity contribution in [2.24, 2.45) is 13.0 Å². The molecule has 27 heavy (non-hydrogen) atoms. The third-order valence-corrected chi connectivity index (χ3v) is 7.59. The van der Waals surface area contributed by atoms with Crippen LogP contribution >= 0.6 is 11.9 Å². The number of rotatable bonds is 6. The zero-order chi connectivity index (χ0) is 18.9. The van der Waals surface area contributed by atoms with Gasteiger partial charge < -0.3 is 9.47 Å². The Morgan fingerprint density at radius 3 is 2.85 bits per heavy atom. The Hall–Kier alpha value is -0.600. The summed E-state index contributed by atoms with van der Waals surface area (Å²) < 4.78 is 16.5. The topological polar surface area (TPSA) is 42.8 Å². The fourth-order valence-corrected chi connectivity index (χ4v) is 5.82. The first-order chi connectivity index (χ1) is 13.1. The minimum absolute atomic E-state index is 0.113. The molecule has 0 N–H and O–H groups in total. The Labute approximate surface area is 167 Å². The van der Waals surface area contributed by atoms with E-state index in [1.54, 1.807) is 0 Å². The van der Waals surface area contributed by atoms with Gasteiger partial charge >= 0.3 is 0 Å². The highest BCUT2D eigenvalue weighted by atomic mass is 32.2. The Bertz CT molecular complexity index is 629. The minimum atomic E-state index is 0.113. The summed E-state index contributed by atoms with van der Waals surface area (Å²) in [6, 6.07) is 2.78. The molecule has 0 aliphatic carbocycles. The molecule has 2 atom stereocenters. The van der Waals surface area contributed by atoms with Crippen molar-refractivity contribution in [3.63, 3.8) is 0 Å². The highest BCUT2D eigenvalue weighted by molar-refractivity contribution is 7.97. The van der Waals surface area contributed by atoms with Crippen molar-refractivity contribution in [3.8, 4) is 0 Å². The first kappa shape index (κ1) is 19.7. The van der Waals surface area contributed by atoms with Gasteiger partial charge in [-0.2, -0.15) is 5.10 Å². The van der Waals surface area contributed by atoms with E-state index in [4.69, 9.17) is 9.47 Å². The predicted octanol–water partition coefficient (Wildman–Crippen LogP) is 2.72. The van der Waals surface area contributed by atoms with Crippen LogP contribution in [0.1, 0.15) is 38.3 Å². The fourth-order valence-electron chi connectivity index (χ4n) is 4.81. The van der Waals surface area contributed by atoms with E-state index < -0.39 is 0 Å². The summed E-state index contributed by atoms with van der Waals surface area (Å²) in [7, 11) is 2.03. The fraction of sp³-hybridized carbons (Fsp3) is 0.850. The molecule has 0 aromatic carbocycles. The monoisotopic (exact) mass is 394 g/mol. The van der Waals surface area contributed by atoms with Crippen molar-refractivity contribution in [1.82, 2.24) is 19.0 Å². The largest absolute Gasteiger partial charge is 0.381 e. The van der Waals surface area contributed by atoms with Gasteiger partial charge in [-0.25, -0.2) is 4.31 Å². The summed E-state index contributed by atoms with van der Waals surface area (Å²) >= 11 is 1.84.